The first-order chi connectivity index (χ1) is 11.6. The molecular weight excluding hydrogens is 318 g/mol. The number of thioether (sulfide) groups is 1. The van der Waals surface area contributed by atoms with E-state index in [1.807, 2.05) is 19.9 Å². The molecule has 132 valence electrons. The fourth-order valence-electron chi connectivity index (χ4n) is 4.18. The van der Waals surface area contributed by atoms with Crippen LogP contribution in [-0.4, -0.2) is 39.1 Å². The number of hydrogen-bond donors (Lipinski definition) is 0. The minimum atomic E-state index is 0.265. The molecule has 1 aliphatic heterocycles. The summed E-state index contributed by atoms with van der Waals surface area (Å²) in [4.78, 5) is 23.7. The first-order valence-electron chi connectivity index (χ1n) is 9.36. The van der Waals surface area contributed by atoms with Crippen LogP contribution >= 0.6 is 11.8 Å². The van der Waals surface area contributed by atoms with Crippen molar-refractivity contribution in [3.63, 3.8) is 0 Å². The highest BCUT2D eigenvalue weighted by molar-refractivity contribution is 7.99. The molecule has 1 aromatic rings. The van der Waals surface area contributed by atoms with Gasteiger partial charge in [-0.1, -0.05) is 43.9 Å². The lowest BCUT2D eigenvalue weighted by molar-refractivity contribution is -0.129. The lowest BCUT2D eigenvalue weighted by atomic mass is 9.84. The van der Waals surface area contributed by atoms with Crippen molar-refractivity contribution in [3.05, 3.63) is 17.5 Å². The van der Waals surface area contributed by atoms with Gasteiger partial charge >= 0.3 is 0 Å². The Kier molecular flexibility index (Phi) is 6.14. The fraction of sp³-hybridized carbons (Fsp3) is 0.737. The van der Waals surface area contributed by atoms with Gasteiger partial charge in [0.1, 0.15) is 0 Å². The predicted octanol–water partition coefficient (Wildman–Crippen LogP) is 4.15. The van der Waals surface area contributed by atoms with Gasteiger partial charge in [-0.2, -0.15) is 0 Å². The van der Waals surface area contributed by atoms with Gasteiger partial charge in [-0.15, -0.1) is 0 Å². The van der Waals surface area contributed by atoms with E-state index in [-0.39, 0.29) is 5.91 Å². The Hall–Kier alpha value is -1.10. The summed E-state index contributed by atoms with van der Waals surface area (Å²) in [7, 11) is 0. The third kappa shape index (κ3) is 4.71. The molecule has 2 fully saturated rings. The predicted molar refractivity (Wildman–Crippen MR) is 98.2 cm³/mol. The van der Waals surface area contributed by atoms with E-state index in [9.17, 15) is 4.79 Å². The summed E-state index contributed by atoms with van der Waals surface area (Å²) in [6, 6.07) is 2.44. The van der Waals surface area contributed by atoms with Crippen molar-refractivity contribution in [1.29, 1.82) is 0 Å². The zero-order chi connectivity index (χ0) is 16.9. The van der Waals surface area contributed by atoms with Crippen LogP contribution in [0, 0.1) is 19.8 Å². The van der Waals surface area contributed by atoms with Crippen LogP contribution in [0.3, 0.4) is 0 Å². The maximum atomic E-state index is 12.7. The number of hydrogen-bond acceptors (Lipinski definition) is 4. The number of carbonyl (C=O) groups excluding carboxylic acids is 1. The number of likely N-dealkylation sites (tertiary alicyclic amines) is 1. The van der Waals surface area contributed by atoms with Gasteiger partial charge in [0, 0.05) is 24.0 Å². The summed E-state index contributed by atoms with van der Waals surface area (Å²) in [5, 5.41) is 0.726. The second-order valence-corrected chi connectivity index (χ2v) is 8.29. The summed E-state index contributed by atoms with van der Waals surface area (Å²) in [5.41, 5.74) is 1.93. The second-order valence-electron chi connectivity index (χ2n) is 7.34. The van der Waals surface area contributed by atoms with Crippen LogP contribution in [0.5, 0.6) is 0 Å². The quantitative estimate of drug-likeness (QED) is 0.593. The molecule has 4 nitrogen and oxygen atoms in total. The third-order valence-electron chi connectivity index (χ3n) is 5.31. The number of nitrogens with zero attached hydrogens (tertiary/aromatic N) is 3. The molecule has 1 aromatic heterocycles. The SMILES string of the molecule is Cc1cc(C)nc(SCC(=O)N2CCC[C@H]2CC2CCCCC2)n1. The van der Waals surface area contributed by atoms with E-state index in [0.29, 0.717) is 11.8 Å². The molecule has 0 unspecified atom stereocenters. The summed E-state index contributed by atoms with van der Waals surface area (Å²) in [5.74, 6) is 1.57. The van der Waals surface area contributed by atoms with Crippen molar-refractivity contribution in [3.8, 4) is 0 Å². The van der Waals surface area contributed by atoms with E-state index in [2.05, 4.69) is 14.9 Å². The van der Waals surface area contributed by atoms with E-state index in [1.54, 1.807) is 0 Å². The van der Waals surface area contributed by atoms with E-state index in [4.69, 9.17) is 0 Å². The molecule has 0 spiro atoms. The topological polar surface area (TPSA) is 46.1 Å². The Morgan fingerprint density at radius 2 is 1.83 bits per heavy atom. The third-order valence-corrected chi connectivity index (χ3v) is 6.15. The van der Waals surface area contributed by atoms with Crippen LogP contribution in [-0.2, 0) is 4.79 Å². The Morgan fingerprint density at radius 1 is 1.12 bits per heavy atom. The summed E-state index contributed by atoms with van der Waals surface area (Å²) in [6.45, 7) is 4.88. The first-order valence-corrected chi connectivity index (χ1v) is 10.3. The van der Waals surface area contributed by atoms with Gasteiger partial charge in [-0.25, -0.2) is 9.97 Å². The lowest BCUT2D eigenvalue weighted by Crippen LogP contribution is -2.38. The number of rotatable bonds is 5. The molecule has 1 saturated carbocycles. The van der Waals surface area contributed by atoms with E-state index >= 15 is 0 Å². The van der Waals surface area contributed by atoms with Crippen LogP contribution in [0.15, 0.2) is 11.2 Å². The number of amides is 1. The molecule has 1 amide bonds. The highest BCUT2D eigenvalue weighted by atomic mass is 32.2. The van der Waals surface area contributed by atoms with E-state index < -0.39 is 0 Å². The molecule has 0 bridgehead atoms. The molecule has 5 heteroatoms. The van der Waals surface area contributed by atoms with E-state index in [0.717, 1.165) is 35.4 Å². The minimum Gasteiger partial charge on any atom is -0.339 e. The Morgan fingerprint density at radius 3 is 2.54 bits per heavy atom. The maximum absolute atomic E-state index is 12.7. The zero-order valence-electron chi connectivity index (χ0n) is 15.0. The largest absolute Gasteiger partial charge is 0.339 e. The molecule has 1 atom stereocenters. The summed E-state index contributed by atoms with van der Waals surface area (Å²) < 4.78 is 0. The highest BCUT2D eigenvalue weighted by Crippen LogP contribution is 2.32. The fourth-order valence-corrected chi connectivity index (χ4v) is 5.02. The number of aryl methyl sites for hydroxylation is 2. The van der Waals surface area contributed by atoms with Crippen molar-refractivity contribution in [2.24, 2.45) is 5.92 Å². The van der Waals surface area contributed by atoms with E-state index in [1.165, 1.54) is 56.7 Å². The molecule has 0 radical (unpaired) electrons. The lowest BCUT2D eigenvalue weighted by Gasteiger charge is -2.30. The Balaban J connectivity index is 1.53. The molecule has 2 heterocycles. The minimum absolute atomic E-state index is 0.265. The van der Waals surface area contributed by atoms with Crippen LogP contribution in [0.1, 0.15) is 62.8 Å². The molecule has 1 aliphatic carbocycles. The Bertz CT molecular complexity index is 551. The normalized spacial score (nSPS) is 22.1. The molecule has 24 heavy (non-hydrogen) atoms. The van der Waals surface area contributed by atoms with Gasteiger partial charge in [-0.05, 0) is 45.1 Å². The van der Waals surface area contributed by atoms with Gasteiger partial charge in [0.05, 0.1) is 5.75 Å². The van der Waals surface area contributed by atoms with Gasteiger partial charge in [0.25, 0.3) is 0 Å². The first kappa shape index (κ1) is 17.7. The van der Waals surface area contributed by atoms with Crippen LogP contribution < -0.4 is 0 Å². The van der Waals surface area contributed by atoms with Crippen molar-refractivity contribution < 1.29 is 4.79 Å². The second kappa shape index (κ2) is 8.32. The standard InChI is InChI=1S/C19H29N3OS/c1-14-11-15(2)21-19(20-14)24-13-18(23)22-10-6-9-17(22)12-16-7-4-3-5-8-16/h11,16-17H,3-10,12-13H2,1-2H3/t17-/m0/s1. The molecule has 3 rings (SSSR count). The van der Waals surface area contributed by atoms with Crippen LogP contribution in [0.25, 0.3) is 0 Å². The van der Waals surface area contributed by atoms with Gasteiger partial charge in [-0.3, -0.25) is 4.79 Å². The summed E-state index contributed by atoms with van der Waals surface area (Å²) in [6.07, 6.45) is 10.5. The molecule has 0 aromatic carbocycles. The number of carbonyl (C=O) groups is 1. The zero-order valence-corrected chi connectivity index (χ0v) is 15.8. The summed E-state index contributed by atoms with van der Waals surface area (Å²) >= 11 is 1.48. The van der Waals surface area contributed by atoms with Crippen LogP contribution in [0.4, 0.5) is 0 Å². The van der Waals surface area contributed by atoms with Crippen molar-refractivity contribution in [2.75, 3.05) is 12.3 Å². The average molecular weight is 348 g/mol. The Labute approximate surface area is 149 Å². The molecule has 1 saturated heterocycles. The van der Waals surface area contributed by atoms with Crippen molar-refractivity contribution in [2.45, 2.75) is 76.4 Å². The highest BCUT2D eigenvalue weighted by Gasteiger charge is 2.31. The monoisotopic (exact) mass is 347 g/mol. The molecular formula is C19H29N3OS. The molecule has 2 aliphatic rings. The van der Waals surface area contributed by atoms with Gasteiger partial charge in [0.2, 0.25) is 5.91 Å². The van der Waals surface area contributed by atoms with Gasteiger partial charge < -0.3 is 4.90 Å². The van der Waals surface area contributed by atoms with Gasteiger partial charge in [0.15, 0.2) is 5.16 Å². The molecule has 0 N–H and O–H groups in total. The van der Waals surface area contributed by atoms with Crippen molar-refractivity contribution in [1.82, 2.24) is 14.9 Å². The van der Waals surface area contributed by atoms with Crippen molar-refractivity contribution >= 4 is 17.7 Å². The number of aromatic nitrogens is 2. The average Bonchev–Trinajstić information content (AvgIpc) is 3.01. The maximum Gasteiger partial charge on any atom is 0.233 e. The van der Waals surface area contributed by atoms with Crippen LogP contribution in [0.2, 0.25) is 0 Å². The smallest absolute Gasteiger partial charge is 0.233 e.